The summed E-state index contributed by atoms with van der Waals surface area (Å²) >= 11 is 0. The molecule has 0 aliphatic heterocycles. The topological polar surface area (TPSA) is 35.2 Å². The van der Waals surface area contributed by atoms with Gasteiger partial charge in [-0.3, -0.25) is 0 Å². The van der Waals surface area contributed by atoms with E-state index in [2.05, 4.69) is 0 Å². The van der Waals surface area contributed by atoms with Gasteiger partial charge in [0.15, 0.2) is 0 Å². The molecular weight excluding hydrogens is 126 g/mol. The lowest BCUT2D eigenvalue weighted by molar-refractivity contribution is 0.0826. The lowest BCUT2D eigenvalue weighted by Gasteiger charge is -2.05. The highest BCUT2D eigenvalue weighted by Crippen LogP contribution is 1.83. The summed E-state index contributed by atoms with van der Waals surface area (Å²) in [6.07, 6.45) is 0.227. The molecule has 0 rings (SSSR count). The van der Waals surface area contributed by atoms with Crippen molar-refractivity contribution in [3.63, 3.8) is 0 Å². The van der Waals surface area contributed by atoms with Crippen molar-refractivity contribution in [2.75, 3.05) is 13.2 Å². The Hall–Kier alpha value is 0.210. The first kappa shape index (κ1) is 11.1. The van der Waals surface area contributed by atoms with E-state index in [1.807, 2.05) is 13.8 Å². The molecule has 2 N–H and O–H groups in total. The van der Waals surface area contributed by atoms with E-state index in [1.54, 1.807) is 0 Å². The van der Waals surface area contributed by atoms with E-state index in [0.717, 1.165) is 6.61 Å². The molecule has 0 aromatic rings. The van der Waals surface area contributed by atoms with Gasteiger partial charge in [0, 0.05) is 13.2 Å². The molecule has 0 saturated carbocycles. The molecular formula is C5H14ClNO. The molecule has 0 aliphatic rings. The fraction of sp³-hybridized carbons (Fsp3) is 1.00. The van der Waals surface area contributed by atoms with Crippen LogP contribution in [0.4, 0.5) is 0 Å². The smallest absolute Gasteiger partial charge is 0.0669 e. The summed E-state index contributed by atoms with van der Waals surface area (Å²) in [5.74, 6) is 0. The van der Waals surface area contributed by atoms with Crippen LogP contribution >= 0.6 is 12.4 Å². The van der Waals surface area contributed by atoms with Gasteiger partial charge in [-0.15, -0.1) is 12.4 Å². The van der Waals surface area contributed by atoms with E-state index in [0.29, 0.717) is 6.54 Å². The van der Waals surface area contributed by atoms with E-state index >= 15 is 0 Å². The maximum Gasteiger partial charge on any atom is 0.0669 e. The lowest BCUT2D eigenvalue weighted by Crippen LogP contribution is -2.19. The van der Waals surface area contributed by atoms with Gasteiger partial charge in [-0.1, -0.05) is 0 Å². The zero-order valence-corrected chi connectivity index (χ0v) is 6.20. The van der Waals surface area contributed by atoms with Crippen molar-refractivity contribution >= 4 is 12.4 Å². The van der Waals surface area contributed by atoms with Crippen molar-refractivity contribution in [1.82, 2.24) is 0 Å². The first-order chi connectivity index (χ1) is 3.31. The molecule has 0 amide bonds. The maximum absolute atomic E-state index is 5.23. The molecule has 0 aromatic carbocycles. The van der Waals surface area contributed by atoms with Crippen LogP contribution in [0.3, 0.4) is 0 Å². The molecule has 3 heteroatoms. The summed E-state index contributed by atoms with van der Waals surface area (Å²) in [4.78, 5) is 0. The van der Waals surface area contributed by atoms with Crippen LogP contribution in [0.15, 0.2) is 0 Å². The Morgan fingerprint density at radius 3 is 2.25 bits per heavy atom. The van der Waals surface area contributed by atoms with Crippen molar-refractivity contribution in [3.8, 4) is 0 Å². The average Bonchev–Trinajstić information content (AvgIpc) is 1.68. The van der Waals surface area contributed by atoms with Gasteiger partial charge in [0.2, 0.25) is 0 Å². The van der Waals surface area contributed by atoms with Gasteiger partial charge in [0.25, 0.3) is 0 Å². The van der Waals surface area contributed by atoms with Gasteiger partial charge in [0.05, 0.1) is 6.10 Å². The van der Waals surface area contributed by atoms with Crippen LogP contribution in [-0.2, 0) is 4.74 Å². The van der Waals surface area contributed by atoms with Crippen LogP contribution < -0.4 is 5.73 Å². The van der Waals surface area contributed by atoms with E-state index in [1.165, 1.54) is 0 Å². The average molecular weight is 140 g/mol. The number of hydrogen-bond acceptors (Lipinski definition) is 2. The predicted molar refractivity (Wildman–Crippen MR) is 37.4 cm³/mol. The van der Waals surface area contributed by atoms with Gasteiger partial charge < -0.3 is 10.5 Å². The molecule has 8 heavy (non-hydrogen) atoms. The van der Waals surface area contributed by atoms with Crippen LogP contribution in [0.1, 0.15) is 13.8 Å². The zero-order valence-electron chi connectivity index (χ0n) is 5.39. The highest BCUT2D eigenvalue weighted by atomic mass is 35.5. The second kappa shape index (κ2) is 7.21. The maximum atomic E-state index is 5.23. The standard InChI is InChI=1S/C5H13NO.ClH/c1-3-7-5(2)4-6;/h5H,3-4,6H2,1-2H3;1H. The van der Waals surface area contributed by atoms with Crippen molar-refractivity contribution in [2.45, 2.75) is 20.0 Å². The Kier molecular flexibility index (Phi) is 9.97. The zero-order chi connectivity index (χ0) is 5.70. The lowest BCUT2D eigenvalue weighted by atomic mass is 10.4. The second-order valence-corrected chi connectivity index (χ2v) is 1.50. The van der Waals surface area contributed by atoms with E-state index in [4.69, 9.17) is 10.5 Å². The van der Waals surface area contributed by atoms with Crippen molar-refractivity contribution in [3.05, 3.63) is 0 Å². The van der Waals surface area contributed by atoms with E-state index < -0.39 is 0 Å². The highest BCUT2D eigenvalue weighted by molar-refractivity contribution is 5.85. The quantitative estimate of drug-likeness (QED) is 0.628. The molecule has 2 nitrogen and oxygen atoms in total. The number of ether oxygens (including phenoxy) is 1. The van der Waals surface area contributed by atoms with E-state index in [-0.39, 0.29) is 18.5 Å². The number of rotatable bonds is 3. The molecule has 52 valence electrons. The SMILES string of the molecule is CCOC(C)CN.Cl. The van der Waals surface area contributed by atoms with Crippen molar-refractivity contribution in [2.24, 2.45) is 5.73 Å². The first-order valence-corrected chi connectivity index (χ1v) is 2.63. The van der Waals surface area contributed by atoms with Crippen LogP contribution in [0, 0.1) is 0 Å². The fourth-order valence-corrected chi connectivity index (χ4v) is 0.353. The largest absolute Gasteiger partial charge is 0.377 e. The number of halogens is 1. The summed E-state index contributed by atoms with van der Waals surface area (Å²) < 4.78 is 5.07. The Labute approximate surface area is 56.8 Å². The van der Waals surface area contributed by atoms with Gasteiger partial charge in [-0.2, -0.15) is 0 Å². The molecule has 1 atom stereocenters. The summed E-state index contributed by atoms with van der Waals surface area (Å²) in [6, 6.07) is 0. The Morgan fingerprint density at radius 1 is 1.62 bits per heavy atom. The number of hydrogen-bond donors (Lipinski definition) is 1. The van der Waals surface area contributed by atoms with Crippen LogP contribution in [0.2, 0.25) is 0 Å². The normalized spacial score (nSPS) is 12.4. The predicted octanol–water partition coefficient (Wildman–Crippen LogP) is 0.792. The molecule has 0 spiro atoms. The Balaban J connectivity index is 0. The number of nitrogens with two attached hydrogens (primary N) is 1. The Bertz CT molecular complexity index is 43.4. The van der Waals surface area contributed by atoms with Crippen LogP contribution in [-0.4, -0.2) is 19.3 Å². The van der Waals surface area contributed by atoms with E-state index in [9.17, 15) is 0 Å². The highest BCUT2D eigenvalue weighted by Gasteiger charge is 1.92. The molecule has 0 aliphatic carbocycles. The van der Waals surface area contributed by atoms with Gasteiger partial charge >= 0.3 is 0 Å². The monoisotopic (exact) mass is 139 g/mol. The van der Waals surface area contributed by atoms with Gasteiger partial charge in [-0.05, 0) is 13.8 Å². The van der Waals surface area contributed by atoms with Crippen molar-refractivity contribution < 1.29 is 4.74 Å². The molecule has 0 radical (unpaired) electrons. The van der Waals surface area contributed by atoms with Gasteiger partial charge in [0.1, 0.15) is 0 Å². The molecule has 0 bridgehead atoms. The summed E-state index contributed by atoms with van der Waals surface area (Å²) in [6.45, 7) is 5.31. The third-order valence-electron chi connectivity index (χ3n) is 0.783. The van der Waals surface area contributed by atoms with Crippen molar-refractivity contribution in [1.29, 1.82) is 0 Å². The molecule has 0 heterocycles. The van der Waals surface area contributed by atoms with Crippen LogP contribution in [0.25, 0.3) is 0 Å². The van der Waals surface area contributed by atoms with Crippen LogP contribution in [0.5, 0.6) is 0 Å². The third-order valence-corrected chi connectivity index (χ3v) is 0.783. The third kappa shape index (κ3) is 6.21. The molecule has 1 unspecified atom stereocenters. The first-order valence-electron chi connectivity index (χ1n) is 2.63. The summed E-state index contributed by atoms with van der Waals surface area (Å²) in [5.41, 5.74) is 5.23. The summed E-state index contributed by atoms with van der Waals surface area (Å²) in [5, 5.41) is 0. The van der Waals surface area contributed by atoms with Gasteiger partial charge in [-0.25, -0.2) is 0 Å². The Morgan fingerprint density at radius 2 is 2.12 bits per heavy atom. The fourth-order valence-electron chi connectivity index (χ4n) is 0.353. The molecule has 0 saturated heterocycles. The molecule has 0 aromatic heterocycles. The second-order valence-electron chi connectivity index (χ2n) is 1.50. The minimum Gasteiger partial charge on any atom is -0.377 e. The summed E-state index contributed by atoms with van der Waals surface area (Å²) in [7, 11) is 0. The minimum atomic E-state index is 0. The minimum absolute atomic E-state index is 0. The molecule has 0 fully saturated rings.